The van der Waals surface area contributed by atoms with Crippen molar-refractivity contribution in [3.05, 3.63) is 45.1 Å². The van der Waals surface area contributed by atoms with Gasteiger partial charge in [0.15, 0.2) is 0 Å². The summed E-state index contributed by atoms with van der Waals surface area (Å²) >= 11 is 5.84. The standard InChI is InChI=1S/C13H13ClN4O3/c1-3-15-13-16-8(2)6-12(17-13)21-9-4-5-11(18(19)20)10(14)7-9/h4-7H,3H2,1-2H3,(H,15,16,17). The predicted molar refractivity (Wildman–Crippen MR) is 79.1 cm³/mol. The third-order valence-electron chi connectivity index (χ3n) is 2.50. The highest BCUT2D eigenvalue weighted by Crippen LogP contribution is 2.30. The zero-order chi connectivity index (χ0) is 15.4. The van der Waals surface area contributed by atoms with Crippen LogP contribution in [-0.2, 0) is 0 Å². The lowest BCUT2D eigenvalue weighted by Gasteiger charge is -2.08. The maximum absolute atomic E-state index is 10.7. The number of nitrogens with one attached hydrogen (secondary N) is 1. The average molecular weight is 309 g/mol. The summed E-state index contributed by atoms with van der Waals surface area (Å²) in [7, 11) is 0. The lowest BCUT2D eigenvalue weighted by molar-refractivity contribution is -0.384. The highest BCUT2D eigenvalue weighted by Gasteiger charge is 2.13. The predicted octanol–water partition coefficient (Wildman–Crippen LogP) is 3.57. The number of aromatic nitrogens is 2. The fourth-order valence-corrected chi connectivity index (χ4v) is 1.89. The Labute approximate surface area is 126 Å². The molecule has 0 radical (unpaired) electrons. The highest BCUT2D eigenvalue weighted by molar-refractivity contribution is 6.32. The third-order valence-corrected chi connectivity index (χ3v) is 2.81. The van der Waals surface area contributed by atoms with Crippen LogP contribution in [0.4, 0.5) is 11.6 Å². The molecule has 21 heavy (non-hydrogen) atoms. The van der Waals surface area contributed by atoms with Gasteiger partial charge in [-0.05, 0) is 19.9 Å². The van der Waals surface area contributed by atoms with E-state index in [-0.39, 0.29) is 10.7 Å². The van der Waals surface area contributed by atoms with Crippen molar-refractivity contribution >= 4 is 23.2 Å². The van der Waals surface area contributed by atoms with Gasteiger partial charge in [-0.15, -0.1) is 0 Å². The van der Waals surface area contributed by atoms with Crippen molar-refractivity contribution in [2.45, 2.75) is 13.8 Å². The van der Waals surface area contributed by atoms with E-state index >= 15 is 0 Å². The fraction of sp³-hybridized carbons (Fsp3) is 0.231. The van der Waals surface area contributed by atoms with Gasteiger partial charge in [0.05, 0.1) is 4.92 Å². The van der Waals surface area contributed by atoms with E-state index in [1.165, 1.54) is 18.2 Å². The van der Waals surface area contributed by atoms with Crippen LogP contribution >= 0.6 is 11.6 Å². The Balaban J connectivity index is 2.25. The summed E-state index contributed by atoms with van der Waals surface area (Å²) in [5.74, 6) is 1.16. The van der Waals surface area contributed by atoms with Gasteiger partial charge in [-0.1, -0.05) is 11.6 Å². The van der Waals surface area contributed by atoms with Crippen molar-refractivity contribution in [1.82, 2.24) is 9.97 Å². The van der Waals surface area contributed by atoms with E-state index in [1.807, 2.05) is 13.8 Å². The van der Waals surface area contributed by atoms with E-state index < -0.39 is 4.92 Å². The minimum Gasteiger partial charge on any atom is -0.439 e. The van der Waals surface area contributed by atoms with E-state index in [1.54, 1.807) is 6.07 Å². The van der Waals surface area contributed by atoms with Gasteiger partial charge in [0.25, 0.3) is 5.69 Å². The molecule has 110 valence electrons. The Morgan fingerprint density at radius 1 is 1.38 bits per heavy atom. The van der Waals surface area contributed by atoms with Gasteiger partial charge in [-0.2, -0.15) is 4.98 Å². The first kappa shape index (κ1) is 15.0. The molecule has 2 aromatic rings. The maximum Gasteiger partial charge on any atom is 0.288 e. The van der Waals surface area contributed by atoms with Crippen LogP contribution in [0.2, 0.25) is 5.02 Å². The normalized spacial score (nSPS) is 10.2. The molecule has 0 aliphatic heterocycles. The van der Waals surface area contributed by atoms with Gasteiger partial charge in [0, 0.05) is 30.4 Å². The average Bonchev–Trinajstić information content (AvgIpc) is 2.37. The number of hydrogen-bond donors (Lipinski definition) is 1. The molecule has 0 aliphatic rings. The zero-order valence-corrected chi connectivity index (χ0v) is 12.2. The van der Waals surface area contributed by atoms with Crippen LogP contribution in [0, 0.1) is 17.0 Å². The highest BCUT2D eigenvalue weighted by atomic mass is 35.5. The SMILES string of the molecule is CCNc1nc(C)cc(Oc2ccc([N+](=O)[O-])c(Cl)c2)n1. The molecule has 2 rings (SSSR count). The quantitative estimate of drug-likeness (QED) is 0.670. The number of halogens is 1. The van der Waals surface area contributed by atoms with E-state index in [0.717, 1.165) is 5.69 Å². The van der Waals surface area contributed by atoms with Crippen LogP contribution in [0.3, 0.4) is 0 Å². The summed E-state index contributed by atoms with van der Waals surface area (Å²) in [5.41, 5.74) is 0.570. The van der Waals surface area contributed by atoms with Crippen molar-refractivity contribution in [2.24, 2.45) is 0 Å². The molecule has 1 aromatic heterocycles. The van der Waals surface area contributed by atoms with Crippen LogP contribution in [0.1, 0.15) is 12.6 Å². The number of nitro benzene ring substituents is 1. The topological polar surface area (TPSA) is 90.2 Å². The lowest BCUT2D eigenvalue weighted by Crippen LogP contribution is -2.04. The molecule has 1 N–H and O–H groups in total. The number of anilines is 1. The molecule has 0 amide bonds. The van der Waals surface area contributed by atoms with Crippen LogP contribution in [0.15, 0.2) is 24.3 Å². The molecular weight excluding hydrogens is 296 g/mol. The molecule has 0 fully saturated rings. The first-order valence-electron chi connectivity index (χ1n) is 6.21. The second-order valence-corrected chi connectivity index (χ2v) is 4.58. The monoisotopic (exact) mass is 308 g/mol. The fourth-order valence-electron chi connectivity index (χ4n) is 1.65. The van der Waals surface area contributed by atoms with E-state index in [9.17, 15) is 10.1 Å². The molecule has 0 spiro atoms. The number of nitro groups is 1. The first-order valence-corrected chi connectivity index (χ1v) is 6.58. The second kappa shape index (κ2) is 6.36. The number of aryl methyl sites for hydroxylation is 1. The Kier molecular flexibility index (Phi) is 4.54. The Morgan fingerprint density at radius 3 is 2.76 bits per heavy atom. The summed E-state index contributed by atoms with van der Waals surface area (Å²) in [6.45, 7) is 4.44. The smallest absolute Gasteiger partial charge is 0.288 e. The number of benzene rings is 1. The summed E-state index contributed by atoms with van der Waals surface area (Å²) < 4.78 is 5.56. The Morgan fingerprint density at radius 2 is 2.14 bits per heavy atom. The second-order valence-electron chi connectivity index (χ2n) is 4.17. The van der Waals surface area contributed by atoms with Crippen molar-refractivity contribution in [3.8, 4) is 11.6 Å². The van der Waals surface area contributed by atoms with Gasteiger partial charge in [-0.3, -0.25) is 10.1 Å². The maximum atomic E-state index is 10.7. The van der Waals surface area contributed by atoms with Crippen molar-refractivity contribution in [1.29, 1.82) is 0 Å². The van der Waals surface area contributed by atoms with Crippen LogP contribution in [-0.4, -0.2) is 21.4 Å². The largest absolute Gasteiger partial charge is 0.439 e. The van der Waals surface area contributed by atoms with Crippen molar-refractivity contribution < 1.29 is 9.66 Å². The van der Waals surface area contributed by atoms with Crippen LogP contribution < -0.4 is 10.1 Å². The molecule has 0 saturated carbocycles. The summed E-state index contributed by atoms with van der Waals surface area (Å²) in [5, 5.41) is 13.7. The van der Waals surface area contributed by atoms with Gasteiger partial charge < -0.3 is 10.1 Å². The molecule has 0 atom stereocenters. The van der Waals surface area contributed by atoms with Gasteiger partial charge in [-0.25, -0.2) is 4.98 Å². The third kappa shape index (κ3) is 3.79. The molecule has 0 bridgehead atoms. The van der Waals surface area contributed by atoms with E-state index in [4.69, 9.17) is 16.3 Å². The molecule has 0 unspecified atom stereocenters. The van der Waals surface area contributed by atoms with Crippen LogP contribution in [0.25, 0.3) is 0 Å². The molecule has 0 saturated heterocycles. The molecule has 0 aliphatic carbocycles. The van der Waals surface area contributed by atoms with Gasteiger partial charge in [0.2, 0.25) is 11.8 Å². The summed E-state index contributed by atoms with van der Waals surface area (Å²) in [6.07, 6.45) is 0. The van der Waals surface area contributed by atoms with E-state index in [2.05, 4.69) is 15.3 Å². The summed E-state index contributed by atoms with van der Waals surface area (Å²) in [4.78, 5) is 18.5. The van der Waals surface area contributed by atoms with E-state index in [0.29, 0.717) is 24.1 Å². The molecule has 7 nitrogen and oxygen atoms in total. The zero-order valence-electron chi connectivity index (χ0n) is 11.5. The molecular formula is C13H13ClN4O3. The van der Waals surface area contributed by atoms with Gasteiger partial charge in [0.1, 0.15) is 10.8 Å². The first-order chi connectivity index (χ1) is 9.99. The van der Waals surface area contributed by atoms with Gasteiger partial charge >= 0.3 is 0 Å². The van der Waals surface area contributed by atoms with Crippen molar-refractivity contribution in [2.75, 3.05) is 11.9 Å². The Hall–Kier alpha value is -2.41. The number of hydrogen-bond acceptors (Lipinski definition) is 6. The minimum absolute atomic E-state index is 0.00943. The molecule has 1 aromatic carbocycles. The number of nitrogens with zero attached hydrogens (tertiary/aromatic N) is 3. The molecule has 1 heterocycles. The number of rotatable bonds is 5. The summed E-state index contributed by atoms with van der Waals surface area (Å²) in [6, 6.07) is 5.80. The number of ether oxygens (including phenoxy) is 1. The van der Waals surface area contributed by atoms with Crippen molar-refractivity contribution in [3.63, 3.8) is 0 Å². The molecule has 8 heteroatoms. The minimum atomic E-state index is -0.551. The Bertz CT molecular complexity index is 678. The lowest BCUT2D eigenvalue weighted by atomic mass is 10.3. The van der Waals surface area contributed by atoms with Crippen LogP contribution in [0.5, 0.6) is 11.6 Å².